The number of rotatable bonds is 6. The minimum absolute atomic E-state index is 0.122. The number of carbonyl (C=O) groups excluding carboxylic acids is 1. The summed E-state index contributed by atoms with van der Waals surface area (Å²) in [5.74, 6) is 1.54. The molecule has 3 aromatic rings. The number of carbonyl (C=O) groups is 1. The molecule has 0 saturated carbocycles. The van der Waals surface area contributed by atoms with Gasteiger partial charge in [-0.25, -0.2) is 0 Å². The van der Waals surface area contributed by atoms with Crippen LogP contribution in [0.25, 0.3) is 5.69 Å². The van der Waals surface area contributed by atoms with Gasteiger partial charge in [0.2, 0.25) is 5.16 Å². The largest absolute Gasteiger partial charge is 0.494 e. The molecule has 1 saturated heterocycles. The number of aromatic nitrogens is 4. The quantitative estimate of drug-likeness (QED) is 0.580. The molecule has 1 aliphatic heterocycles. The summed E-state index contributed by atoms with van der Waals surface area (Å²) in [6.07, 6.45) is 2.20. The maximum atomic E-state index is 12.5. The highest BCUT2D eigenvalue weighted by Gasteiger charge is 2.19. The van der Waals surface area contributed by atoms with Crippen molar-refractivity contribution in [3.8, 4) is 11.4 Å². The summed E-state index contributed by atoms with van der Waals surface area (Å²) in [4.78, 5) is 14.4. The lowest BCUT2D eigenvalue weighted by Crippen LogP contribution is -2.27. The van der Waals surface area contributed by atoms with Crippen molar-refractivity contribution in [1.29, 1.82) is 0 Å². The Morgan fingerprint density at radius 1 is 1.14 bits per heavy atom. The maximum absolute atomic E-state index is 12.5. The fourth-order valence-electron chi connectivity index (χ4n) is 3.38. The third-order valence-corrected chi connectivity index (χ3v) is 5.96. The summed E-state index contributed by atoms with van der Waals surface area (Å²) >= 11 is 1.54. The predicted octanol–water partition coefficient (Wildman–Crippen LogP) is 3.51. The minimum Gasteiger partial charge on any atom is -0.494 e. The topological polar surface area (TPSA) is 73.1 Å². The van der Waals surface area contributed by atoms with Gasteiger partial charge < -0.3 is 9.64 Å². The monoisotopic (exact) mass is 409 g/mol. The first kappa shape index (κ1) is 19.4. The molecular formula is C21H23N5O2S. The summed E-state index contributed by atoms with van der Waals surface area (Å²) in [5.41, 5.74) is 3.77. The Bertz CT molecular complexity index is 997. The number of hydrogen-bond acceptors (Lipinski definition) is 6. The number of methoxy groups -OCH3 is 1. The highest BCUT2D eigenvalue weighted by Crippen LogP contribution is 2.28. The second kappa shape index (κ2) is 8.65. The van der Waals surface area contributed by atoms with E-state index in [0.29, 0.717) is 10.9 Å². The zero-order valence-corrected chi connectivity index (χ0v) is 17.4. The number of amides is 1. The lowest BCUT2D eigenvalue weighted by molar-refractivity contribution is 0.0793. The van der Waals surface area contributed by atoms with E-state index in [1.807, 2.05) is 54.3 Å². The number of hydrogen-bond donors (Lipinski definition) is 0. The van der Waals surface area contributed by atoms with E-state index in [1.54, 1.807) is 23.6 Å². The molecule has 1 aliphatic rings. The van der Waals surface area contributed by atoms with Crippen molar-refractivity contribution in [3.05, 3.63) is 59.2 Å². The number of likely N-dealkylation sites (tertiary alicyclic amines) is 1. The fourth-order valence-corrected chi connectivity index (χ4v) is 4.22. The van der Waals surface area contributed by atoms with Crippen molar-refractivity contribution in [3.63, 3.8) is 0 Å². The van der Waals surface area contributed by atoms with Crippen LogP contribution in [-0.4, -0.2) is 51.2 Å². The van der Waals surface area contributed by atoms with E-state index in [2.05, 4.69) is 15.5 Å². The Kier molecular flexibility index (Phi) is 5.80. The SMILES string of the molecule is COc1ccc(C)cc1-n1nnnc1SCc1ccc(C(=O)N2CCCC2)cc1. The van der Waals surface area contributed by atoms with Crippen LogP contribution in [0, 0.1) is 6.92 Å². The number of thioether (sulfide) groups is 1. The van der Waals surface area contributed by atoms with Crippen LogP contribution in [0.4, 0.5) is 0 Å². The van der Waals surface area contributed by atoms with E-state index in [4.69, 9.17) is 4.74 Å². The second-order valence-electron chi connectivity index (χ2n) is 7.03. The van der Waals surface area contributed by atoms with Crippen molar-refractivity contribution in [2.24, 2.45) is 0 Å². The van der Waals surface area contributed by atoms with Gasteiger partial charge in [0.05, 0.1) is 7.11 Å². The van der Waals surface area contributed by atoms with Gasteiger partial charge in [0, 0.05) is 24.4 Å². The zero-order valence-electron chi connectivity index (χ0n) is 16.5. The molecule has 0 atom stereocenters. The van der Waals surface area contributed by atoms with Gasteiger partial charge in [0.25, 0.3) is 5.91 Å². The van der Waals surface area contributed by atoms with E-state index in [0.717, 1.165) is 54.1 Å². The first-order valence-electron chi connectivity index (χ1n) is 9.60. The molecule has 0 bridgehead atoms. The van der Waals surface area contributed by atoms with E-state index >= 15 is 0 Å². The molecule has 1 fully saturated rings. The van der Waals surface area contributed by atoms with Crippen molar-refractivity contribution in [2.45, 2.75) is 30.7 Å². The number of aryl methyl sites for hydroxylation is 1. The van der Waals surface area contributed by atoms with Crippen molar-refractivity contribution >= 4 is 17.7 Å². The predicted molar refractivity (Wildman–Crippen MR) is 112 cm³/mol. The van der Waals surface area contributed by atoms with Crippen LogP contribution in [-0.2, 0) is 5.75 Å². The third-order valence-electron chi connectivity index (χ3n) is 4.97. The van der Waals surface area contributed by atoms with Gasteiger partial charge in [-0.1, -0.05) is 30.0 Å². The molecular weight excluding hydrogens is 386 g/mol. The summed E-state index contributed by atoms with van der Waals surface area (Å²) in [6, 6.07) is 13.7. The number of ether oxygens (including phenoxy) is 1. The lowest BCUT2D eigenvalue weighted by atomic mass is 10.1. The Hall–Kier alpha value is -2.87. The summed E-state index contributed by atoms with van der Waals surface area (Å²) in [5, 5.41) is 12.8. The average Bonchev–Trinajstić information content (AvgIpc) is 3.44. The lowest BCUT2D eigenvalue weighted by Gasteiger charge is -2.15. The molecule has 8 heteroatoms. The molecule has 7 nitrogen and oxygen atoms in total. The van der Waals surface area contributed by atoms with Crippen LogP contribution < -0.4 is 4.74 Å². The van der Waals surface area contributed by atoms with Gasteiger partial charge in [-0.2, -0.15) is 4.68 Å². The normalized spacial score (nSPS) is 13.7. The van der Waals surface area contributed by atoms with Gasteiger partial charge >= 0.3 is 0 Å². The summed E-state index contributed by atoms with van der Waals surface area (Å²) < 4.78 is 7.15. The summed E-state index contributed by atoms with van der Waals surface area (Å²) in [7, 11) is 1.64. The Balaban J connectivity index is 1.46. The molecule has 0 aliphatic carbocycles. The average molecular weight is 410 g/mol. The smallest absolute Gasteiger partial charge is 0.253 e. The Labute approximate surface area is 174 Å². The molecule has 4 rings (SSSR count). The molecule has 0 spiro atoms. The van der Waals surface area contributed by atoms with Crippen LogP contribution in [0.2, 0.25) is 0 Å². The molecule has 1 aromatic heterocycles. The van der Waals surface area contributed by atoms with Gasteiger partial charge in [0.1, 0.15) is 11.4 Å². The maximum Gasteiger partial charge on any atom is 0.253 e. The van der Waals surface area contributed by atoms with Crippen molar-refractivity contribution < 1.29 is 9.53 Å². The molecule has 2 aromatic carbocycles. The van der Waals surface area contributed by atoms with E-state index in [9.17, 15) is 4.79 Å². The van der Waals surface area contributed by atoms with Crippen LogP contribution in [0.15, 0.2) is 47.6 Å². The van der Waals surface area contributed by atoms with Crippen molar-refractivity contribution in [1.82, 2.24) is 25.1 Å². The van der Waals surface area contributed by atoms with Crippen LogP contribution >= 0.6 is 11.8 Å². The van der Waals surface area contributed by atoms with Gasteiger partial charge in [-0.05, 0) is 65.6 Å². The molecule has 0 radical (unpaired) electrons. The number of nitrogens with zero attached hydrogens (tertiary/aromatic N) is 5. The highest BCUT2D eigenvalue weighted by atomic mass is 32.2. The minimum atomic E-state index is 0.122. The molecule has 0 unspecified atom stereocenters. The van der Waals surface area contributed by atoms with Gasteiger partial charge in [-0.3, -0.25) is 4.79 Å². The van der Waals surface area contributed by atoms with Crippen LogP contribution in [0.5, 0.6) is 5.75 Å². The fraction of sp³-hybridized carbons (Fsp3) is 0.333. The van der Waals surface area contributed by atoms with Gasteiger partial charge in [0.15, 0.2) is 0 Å². The molecule has 150 valence electrons. The Morgan fingerprint density at radius 3 is 2.62 bits per heavy atom. The van der Waals surface area contributed by atoms with E-state index in [-0.39, 0.29) is 5.91 Å². The standard InChI is InChI=1S/C21H23N5O2S/c1-15-5-10-19(28-2)18(13-15)26-21(22-23-24-26)29-14-16-6-8-17(9-7-16)20(27)25-11-3-4-12-25/h5-10,13H,3-4,11-12,14H2,1-2H3. The zero-order chi connectivity index (χ0) is 20.2. The summed E-state index contributed by atoms with van der Waals surface area (Å²) in [6.45, 7) is 3.74. The van der Waals surface area contributed by atoms with E-state index < -0.39 is 0 Å². The van der Waals surface area contributed by atoms with Crippen LogP contribution in [0.3, 0.4) is 0 Å². The number of tetrazole rings is 1. The molecule has 2 heterocycles. The molecule has 1 amide bonds. The van der Waals surface area contributed by atoms with E-state index in [1.165, 1.54) is 0 Å². The Morgan fingerprint density at radius 2 is 1.90 bits per heavy atom. The molecule has 29 heavy (non-hydrogen) atoms. The van der Waals surface area contributed by atoms with Crippen LogP contribution in [0.1, 0.15) is 34.3 Å². The van der Waals surface area contributed by atoms with Crippen molar-refractivity contribution in [2.75, 3.05) is 20.2 Å². The first-order chi connectivity index (χ1) is 14.2. The second-order valence-corrected chi connectivity index (χ2v) is 7.98. The molecule has 0 N–H and O–H groups in total. The first-order valence-corrected chi connectivity index (χ1v) is 10.6. The number of benzene rings is 2. The third kappa shape index (κ3) is 4.27. The van der Waals surface area contributed by atoms with Gasteiger partial charge in [-0.15, -0.1) is 5.10 Å². The highest BCUT2D eigenvalue weighted by molar-refractivity contribution is 7.98.